The zero-order valence-electron chi connectivity index (χ0n) is 26.7. The first-order chi connectivity index (χ1) is 22.7. The van der Waals surface area contributed by atoms with Crippen molar-refractivity contribution in [2.75, 3.05) is 4.90 Å². The summed E-state index contributed by atoms with van der Waals surface area (Å²) in [6.45, 7) is 0. The molecule has 2 bridgehead atoms. The number of benzene rings is 5. The van der Waals surface area contributed by atoms with Gasteiger partial charge in [-0.1, -0.05) is 105 Å². The lowest BCUT2D eigenvalue weighted by atomic mass is 9.69. The van der Waals surface area contributed by atoms with Crippen LogP contribution in [0.3, 0.4) is 0 Å². The Morgan fingerprint density at radius 1 is 0.543 bits per heavy atom. The highest BCUT2D eigenvalue weighted by molar-refractivity contribution is 7.25. The van der Waals surface area contributed by atoms with Crippen LogP contribution in [0.2, 0.25) is 0 Å². The number of hydrogen-bond acceptors (Lipinski definition) is 2. The highest BCUT2D eigenvalue weighted by Crippen LogP contribution is 2.53. The van der Waals surface area contributed by atoms with Crippen molar-refractivity contribution in [2.24, 2.45) is 11.8 Å². The van der Waals surface area contributed by atoms with Crippen LogP contribution in [0.5, 0.6) is 0 Å². The first-order valence-corrected chi connectivity index (χ1v) is 18.5. The van der Waals surface area contributed by atoms with Crippen LogP contribution in [0.1, 0.15) is 86.8 Å². The third-order valence-electron chi connectivity index (χ3n) is 11.9. The van der Waals surface area contributed by atoms with E-state index in [1.54, 1.807) is 5.56 Å². The summed E-state index contributed by atoms with van der Waals surface area (Å²) in [6.07, 6.45) is 13.5. The van der Waals surface area contributed by atoms with Gasteiger partial charge in [0.1, 0.15) is 0 Å². The van der Waals surface area contributed by atoms with Crippen molar-refractivity contribution in [1.29, 1.82) is 0 Å². The van der Waals surface area contributed by atoms with Crippen LogP contribution in [0.4, 0.5) is 17.1 Å². The minimum absolute atomic E-state index is 0.0952. The Morgan fingerprint density at radius 2 is 1.20 bits per heavy atom. The van der Waals surface area contributed by atoms with Crippen molar-refractivity contribution >= 4 is 48.6 Å². The van der Waals surface area contributed by atoms with Gasteiger partial charge in [-0.15, -0.1) is 11.3 Å². The average Bonchev–Trinajstić information content (AvgIpc) is 3.79. The van der Waals surface area contributed by atoms with Gasteiger partial charge in [-0.3, -0.25) is 0 Å². The van der Waals surface area contributed by atoms with Gasteiger partial charge in [-0.25, -0.2) is 0 Å². The van der Waals surface area contributed by atoms with E-state index in [0.29, 0.717) is 0 Å². The van der Waals surface area contributed by atoms with E-state index in [9.17, 15) is 0 Å². The molecule has 1 nitrogen and oxygen atoms in total. The zero-order chi connectivity index (χ0) is 30.5. The Balaban J connectivity index is 1.14. The third-order valence-corrected chi connectivity index (χ3v) is 13.0. The SMILES string of the molecule is c1ccc(C2(c3ccc(N(c4ccc(C5CC6CCC5C6)cc4)c4ccc5sc6ccccc6c5c4)cc3)CCCCCC2)cc1. The molecule has 6 aromatic rings. The van der Waals surface area contributed by atoms with Gasteiger partial charge in [0.15, 0.2) is 0 Å². The molecule has 5 aromatic carbocycles. The molecule has 3 saturated carbocycles. The molecule has 0 N–H and O–H groups in total. The Bertz CT molecular complexity index is 1960. The Labute approximate surface area is 277 Å². The minimum atomic E-state index is 0.0952. The normalized spacial score (nSPS) is 22.3. The molecule has 3 aliphatic rings. The second-order valence-electron chi connectivity index (χ2n) is 14.4. The van der Waals surface area contributed by atoms with Crippen LogP contribution in [0, 0.1) is 11.8 Å². The highest BCUT2D eigenvalue weighted by Gasteiger charge is 2.40. The molecule has 0 saturated heterocycles. The molecule has 0 amide bonds. The highest BCUT2D eigenvalue weighted by atomic mass is 32.1. The van der Waals surface area contributed by atoms with Crippen molar-refractivity contribution in [3.8, 4) is 0 Å². The van der Waals surface area contributed by atoms with Crippen molar-refractivity contribution in [3.05, 3.63) is 138 Å². The van der Waals surface area contributed by atoms with E-state index in [1.165, 1.54) is 113 Å². The second-order valence-corrected chi connectivity index (χ2v) is 15.5. The van der Waals surface area contributed by atoms with E-state index < -0.39 is 0 Å². The number of thiophene rings is 1. The molecule has 1 heterocycles. The number of nitrogens with zero attached hydrogens (tertiary/aromatic N) is 1. The summed E-state index contributed by atoms with van der Waals surface area (Å²) in [5.74, 6) is 2.61. The van der Waals surface area contributed by atoms with Gasteiger partial charge in [0, 0.05) is 42.6 Å². The molecule has 3 atom stereocenters. The minimum Gasteiger partial charge on any atom is -0.310 e. The molecule has 230 valence electrons. The maximum Gasteiger partial charge on any atom is 0.0468 e. The smallest absolute Gasteiger partial charge is 0.0468 e. The first kappa shape index (κ1) is 28.4. The van der Waals surface area contributed by atoms with Crippen molar-refractivity contribution < 1.29 is 0 Å². The summed E-state index contributed by atoms with van der Waals surface area (Å²) in [7, 11) is 0. The van der Waals surface area contributed by atoms with E-state index in [2.05, 4.69) is 126 Å². The van der Waals surface area contributed by atoms with Gasteiger partial charge in [0.05, 0.1) is 0 Å². The maximum atomic E-state index is 2.49. The van der Waals surface area contributed by atoms with Crippen molar-refractivity contribution in [1.82, 2.24) is 0 Å². The van der Waals surface area contributed by atoms with Crippen molar-refractivity contribution in [3.63, 3.8) is 0 Å². The van der Waals surface area contributed by atoms with Crippen LogP contribution in [0.15, 0.2) is 121 Å². The summed E-state index contributed by atoms with van der Waals surface area (Å²) in [5, 5.41) is 2.70. The molecule has 9 rings (SSSR count). The van der Waals surface area contributed by atoms with E-state index >= 15 is 0 Å². The molecule has 1 aromatic heterocycles. The molecule has 0 aliphatic heterocycles. The molecule has 0 radical (unpaired) electrons. The fourth-order valence-corrected chi connectivity index (χ4v) is 10.7. The fraction of sp³-hybridized carbons (Fsp3) is 0.318. The number of fused-ring (bicyclic) bond motifs is 5. The first-order valence-electron chi connectivity index (χ1n) is 17.7. The molecule has 2 heteroatoms. The lowest BCUT2D eigenvalue weighted by Gasteiger charge is -2.35. The number of anilines is 3. The maximum absolute atomic E-state index is 2.49. The molecule has 46 heavy (non-hydrogen) atoms. The lowest BCUT2D eigenvalue weighted by Crippen LogP contribution is -2.27. The molecule has 3 aliphatic carbocycles. The largest absolute Gasteiger partial charge is 0.310 e. The topological polar surface area (TPSA) is 3.24 Å². The van der Waals surface area contributed by atoms with Crippen LogP contribution >= 0.6 is 11.3 Å². The molecule has 3 unspecified atom stereocenters. The monoisotopic (exact) mass is 617 g/mol. The lowest BCUT2D eigenvalue weighted by molar-refractivity contribution is 0.420. The Kier molecular flexibility index (Phi) is 7.23. The molecular formula is C44H43NS. The molecule has 0 spiro atoms. The van der Waals surface area contributed by atoms with Gasteiger partial charge in [0.25, 0.3) is 0 Å². The number of hydrogen-bond donors (Lipinski definition) is 0. The Hall–Kier alpha value is -3.88. The molecule has 3 fully saturated rings. The quantitative estimate of drug-likeness (QED) is 0.168. The summed E-state index contributed by atoms with van der Waals surface area (Å²) >= 11 is 1.89. The van der Waals surface area contributed by atoms with Crippen LogP contribution in [-0.4, -0.2) is 0 Å². The van der Waals surface area contributed by atoms with E-state index in [-0.39, 0.29) is 5.41 Å². The second kappa shape index (κ2) is 11.7. The standard InChI is InChI=1S/C44H43NS/c1-2-9-27-44(26-8-1,34-10-4-3-5-11-34)35-18-22-37(23-19-35)45(36-20-16-32(17-21-36)40-29-31-14-15-33(40)28-31)38-24-25-43-41(30-38)39-12-6-7-13-42(39)46-43/h3-7,10-13,16-25,30-31,33,40H,1-2,8-9,14-15,26-29H2. The zero-order valence-corrected chi connectivity index (χ0v) is 27.5. The van der Waals surface area contributed by atoms with E-state index in [0.717, 1.165) is 17.8 Å². The van der Waals surface area contributed by atoms with Gasteiger partial charge >= 0.3 is 0 Å². The van der Waals surface area contributed by atoms with Gasteiger partial charge in [0.2, 0.25) is 0 Å². The van der Waals surface area contributed by atoms with Crippen LogP contribution < -0.4 is 4.90 Å². The van der Waals surface area contributed by atoms with E-state index in [4.69, 9.17) is 0 Å². The fourth-order valence-electron chi connectivity index (χ4n) is 9.59. The summed E-state index contributed by atoms with van der Waals surface area (Å²) in [5.41, 5.74) is 8.28. The average molecular weight is 618 g/mol. The Morgan fingerprint density at radius 3 is 1.91 bits per heavy atom. The molecular weight excluding hydrogens is 575 g/mol. The predicted octanol–water partition coefficient (Wildman–Crippen LogP) is 13.1. The summed E-state index contributed by atoms with van der Waals surface area (Å²) in [4.78, 5) is 2.49. The van der Waals surface area contributed by atoms with Gasteiger partial charge in [-0.2, -0.15) is 0 Å². The van der Waals surface area contributed by atoms with Crippen molar-refractivity contribution in [2.45, 2.75) is 75.5 Å². The third kappa shape index (κ3) is 4.88. The number of rotatable bonds is 6. The van der Waals surface area contributed by atoms with E-state index in [1.807, 2.05) is 11.3 Å². The summed E-state index contributed by atoms with van der Waals surface area (Å²) < 4.78 is 2.71. The van der Waals surface area contributed by atoms with Gasteiger partial charge < -0.3 is 4.90 Å². The predicted molar refractivity (Wildman–Crippen MR) is 197 cm³/mol. The summed E-state index contributed by atoms with van der Waals surface area (Å²) in [6, 6.07) is 46.6. The van der Waals surface area contributed by atoms with Crippen LogP contribution in [0.25, 0.3) is 20.2 Å². The van der Waals surface area contributed by atoms with Gasteiger partial charge in [-0.05, 0) is 115 Å². The van der Waals surface area contributed by atoms with Crippen LogP contribution in [-0.2, 0) is 5.41 Å².